The molecule has 0 spiro atoms. The molecule has 0 saturated heterocycles. The topological polar surface area (TPSA) is 60.5 Å². The monoisotopic (exact) mass is 375 g/mol. The first-order valence-corrected chi connectivity index (χ1v) is 7.64. The maximum atomic E-state index is 11.4. The lowest BCUT2D eigenvalue weighted by atomic mass is 10.0. The molecule has 1 heterocycles. The Morgan fingerprint density at radius 2 is 1.83 bits per heavy atom. The predicted octanol–water partition coefficient (Wildman–Crippen LogP) is 4.75. The summed E-state index contributed by atoms with van der Waals surface area (Å²) in [6.07, 6.45) is -0.810. The second-order valence-electron chi connectivity index (χ2n) is 4.75. The Balaban J connectivity index is 2.28. The highest BCUT2D eigenvalue weighted by Gasteiger charge is 2.21. The number of carbonyl (C=O) groups is 1. The van der Waals surface area contributed by atoms with Crippen LogP contribution in [0.1, 0.15) is 0 Å². The minimum atomic E-state index is -0.810. The molecule has 0 atom stereocenters. The number of rotatable bonds is 3. The van der Waals surface area contributed by atoms with Crippen LogP contribution in [0.25, 0.3) is 22.0 Å². The number of benzene rings is 2. The van der Waals surface area contributed by atoms with E-state index < -0.39 is 6.16 Å². The fourth-order valence-corrected chi connectivity index (χ4v) is 3.05. The molecule has 0 amide bonds. The number of hydrogen-bond acceptors (Lipinski definition) is 4. The molecule has 1 aromatic heterocycles. The predicted molar refractivity (Wildman–Crippen MR) is 91.0 cm³/mol. The van der Waals surface area contributed by atoms with E-state index in [9.17, 15) is 4.79 Å². The van der Waals surface area contributed by atoms with Gasteiger partial charge in [-0.3, -0.25) is 0 Å². The molecule has 0 aliphatic carbocycles. The largest absolute Gasteiger partial charge is 0.514 e. The van der Waals surface area contributed by atoms with Crippen molar-refractivity contribution in [3.8, 4) is 22.8 Å². The van der Waals surface area contributed by atoms with E-state index in [1.807, 2.05) is 42.5 Å². The highest BCUT2D eigenvalue weighted by Crippen LogP contribution is 2.44. The number of aromatic amines is 1. The molecule has 0 fully saturated rings. The van der Waals surface area contributed by atoms with Gasteiger partial charge in [-0.2, -0.15) is 0 Å². The highest BCUT2D eigenvalue weighted by molar-refractivity contribution is 9.10. The fourth-order valence-electron chi connectivity index (χ4n) is 2.49. The Morgan fingerprint density at radius 1 is 1.09 bits per heavy atom. The zero-order valence-electron chi connectivity index (χ0n) is 12.6. The van der Waals surface area contributed by atoms with Crippen molar-refractivity contribution in [3.63, 3.8) is 0 Å². The van der Waals surface area contributed by atoms with Gasteiger partial charge in [0.2, 0.25) is 5.88 Å². The molecular formula is C17H14BrNO4. The van der Waals surface area contributed by atoms with Crippen LogP contribution in [0.2, 0.25) is 0 Å². The van der Waals surface area contributed by atoms with Crippen molar-refractivity contribution in [3.05, 3.63) is 46.9 Å². The third-order valence-corrected chi connectivity index (χ3v) is 4.12. The number of halogens is 1. The lowest BCUT2D eigenvalue weighted by Crippen LogP contribution is -2.08. The van der Waals surface area contributed by atoms with Gasteiger partial charge in [-0.1, -0.05) is 46.3 Å². The van der Waals surface area contributed by atoms with E-state index in [-0.39, 0.29) is 5.88 Å². The molecule has 0 radical (unpaired) electrons. The Hall–Kier alpha value is -2.47. The normalized spacial score (nSPS) is 10.6. The third kappa shape index (κ3) is 2.77. The van der Waals surface area contributed by atoms with Crippen LogP contribution >= 0.6 is 15.9 Å². The molecule has 0 aliphatic rings. The number of H-pyrrole nitrogens is 1. The molecule has 118 valence electrons. The standard InChI is InChI=1S/C17H14BrNO4/c1-21-15-14-12(19-16(15)23-17(20)22-2)9-8-11(18)13(14)10-6-4-3-5-7-10/h3-9,19H,1-2H3. The Labute approximate surface area is 141 Å². The molecule has 0 aliphatic heterocycles. The van der Waals surface area contributed by atoms with Gasteiger partial charge in [0.1, 0.15) is 0 Å². The van der Waals surface area contributed by atoms with Gasteiger partial charge in [-0.05, 0) is 17.7 Å². The summed E-state index contributed by atoms with van der Waals surface area (Å²) in [5.41, 5.74) is 2.77. The Bertz CT molecular complexity index is 858. The summed E-state index contributed by atoms with van der Waals surface area (Å²) >= 11 is 3.59. The maximum absolute atomic E-state index is 11.4. The lowest BCUT2D eigenvalue weighted by molar-refractivity contribution is 0.118. The Morgan fingerprint density at radius 3 is 2.48 bits per heavy atom. The van der Waals surface area contributed by atoms with Gasteiger partial charge in [0.15, 0.2) is 5.75 Å². The van der Waals surface area contributed by atoms with Gasteiger partial charge < -0.3 is 19.2 Å². The van der Waals surface area contributed by atoms with E-state index in [1.54, 1.807) is 0 Å². The Kier molecular flexibility index (Phi) is 4.25. The first-order valence-electron chi connectivity index (χ1n) is 6.85. The maximum Gasteiger partial charge on any atom is 0.514 e. The molecule has 23 heavy (non-hydrogen) atoms. The summed E-state index contributed by atoms with van der Waals surface area (Å²) in [5.74, 6) is 0.662. The van der Waals surface area contributed by atoms with Crippen molar-refractivity contribution in [1.82, 2.24) is 4.98 Å². The number of ether oxygens (including phenoxy) is 3. The van der Waals surface area contributed by atoms with Crippen LogP contribution in [0.15, 0.2) is 46.9 Å². The van der Waals surface area contributed by atoms with Crippen LogP contribution in [-0.4, -0.2) is 25.4 Å². The van der Waals surface area contributed by atoms with Crippen molar-refractivity contribution in [2.75, 3.05) is 14.2 Å². The first-order chi connectivity index (χ1) is 11.2. The molecule has 6 heteroatoms. The number of fused-ring (bicyclic) bond motifs is 1. The van der Waals surface area contributed by atoms with Crippen molar-refractivity contribution >= 4 is 33.0 Å². The number of hydrogen-bond donors (Lipinski definition) is 1. The average molecular weight is 376 g/mol. The SMILES string of the molecule is COC(=O)Oc1[nH]c2ccc(Br)c(-c3ccccc3)c2c1OC. The van der Waals surface area contributed by atoms with E-state index in [0.29, 0.717) is 5.75 Å². The van der Waals surface area contributed by atoms with Crippen LogP contribution in [0.4, 0.5) is 4.79 Å². The van der Waals surface area contributed by atoms with E-state index in [2.05, 4.69) is 25.7 Å². The van der Waals surface area contributed by atoms with Gasteiger partial charge >= 0.3 is 6.16 Å². The molecular weight excluding hydrogens is 362 g/mol. The molecule has 3 rings (SSSR count). The second-order valence-corrected chi connectivity index (χ2v) is 5.61. The summed E-state index contributed by atoms with van der Waals surface area (Å²) in [6.45, 7) is 0. The average Bonchev–Trinajstić information content (AvgIpc) is 2.92. The lowest BCUT2D eigenvalue weighted by Gasteiger charge is -2.09. The van der Waals surface area contributed by atoms with Crippen LogP contribution in [-0.2, 0) is 4.74 Å². The number of nitrogens with one attached hydrogen (secondary N) is 1. The van der Waals surface area contributed by atoms with Crippen LogP contribution in [0.3, 0.4) is 0 Å². The van der Waals surface area contributed by atoms with E-state index in [4.69, 9.17) is 9.47 Å². The molecule has 3 aromatic rings. The van der Waals surface area contributed by atoms with E-state index in [0.717, 1.165) is 26.5 Å². The van der Waals surface area contributed by atoms with Crippen LogP contribution in [0.5, 0.6) is 11.6 Å². The zero-order valence-corrected chi connectivity index (χ0v) is 14.1. The van der Waals surface area contributed by atoms with Crippen molar-refractivity contribution < 1.29 is 19.0 Å². The molecule has 0 unspecified atom stereocenters. The van der Waals surface area contributed by atoms with Crippen LogP contribution < -0.4 is 9.47 Å². The second kappa shape index (κ2) is 6.34. The number of methoxy groups -OCH3 is 2. The summed E-state index contributed by atoms with van der Waals surface area (Å²) in [5, 5.41) is 0.826. The molecule has 1 N–H and O–H groups in total. The van der Waals surface area contributed by atoms with E-state index in [1.165, 1.54) is 14.2 Å². The first kappa shape index (κ1) is 15.4. The number of aromatic nitrogens is 1. The molecule has 5 nitrogen and oxygen atoms in total. The molecule has 0 saturated carbocycles. The van der Waals surface area contributed by atoms with Crippen LogP contribution in [0, 0.1) is 0 Å². The minimum absolute atomic E-state index is 0.213. The summed E-state index contributed by atoms with van der Waals surface area (Å²) in [6, 6.07) is 13.7. The fraction of sp³-hybridized carbons (Fsp3) is 0.118. The van der Waals surface area contributed by atoms with Gasteiger partial charge in [0, 0.05) is 10.0 Å². The molecule has 0 bridgehead atoms. The van der Waals surface area contributed by atoms with Gasteiger partial charge in [-0.25, -0.2) is 4.79 Å². The summed E-state index contributed by atoms with van der Waals surface area (Å²) < 4.78 is 16.1. The highest BCUT2D eigenvalue weighted by atomic mass is 79.9. The van der Waals surface area contributed by atoms with Gasteiger partial charge in [-0.15, -0.1) is 0 Å². The van der Waals surface area contributed by atoms with Crippen molar-refractivity contribution in [2.45, 2.75) is 0 Å². The minimum Gasteiger partial charge on any atom is -0.491 e. The molecule has 2 aromatic carbocycles. The smallest absolute Gasteiger partial charge is 0.491 e. The summed E-state index contributed by atoms with van der Waals surface area (Å²) in [7, 11) is 2.78. The van der Waals surface area contributed by atoms with Crippen molar-refractivity contribution in [1.29, 1.82) is 0 Å². The van der Waals surface area contributed by atoms with E-state index >= 15 is 0 Å². The quantitative estimate of drug-likeness (QED) is 0.670. The number of carbonyl (C=O) groups excluding carboxylic acids is 1. The van der Waals surface area contributed by atoms with Crippen molar-refractivity contribution in [2.24, 2.45) is 0 Å². The third-order valence-electron chi connectivity index (χ3n) is 3.45. The van der Waals surface area contributed by atoms with Gasteiger partial charge in [0.25, 0.3) is 0 Å². The van der Waals surface area contributed by atoms with Gasteiger partial charge in [0.05, 0.1) is 25.1 Å². The zero-order chi connectivity index (χ0) is 16.4. The summed E-state index contributed by atoms with van der Waals surface area (Å²) in [4.78, 5) is 14.5.